The van der Waals surface area contributed by atoms with Crippen LogP contribution in [-0.4, -0.2) is 24.7 Å². The first-order valence-corrected chi connectivity index (χ1v) is 6.16. The number of anilines is 1. The van der Waals surface area contributed by atoms with Crippen molar-refractivity contribution in [1.82, 2.24) is 4.98 Å². The van der Waals surface area contributed by atoms with Crippen LogP contribution >= 0.6 is 0 Å². The number of nitrogens with two attached hydrogens (primary N) is 1. The van der Waals surface area contributed by atoms with Gasteiger partial charge in [-0.3, -0.25) is 0 Å². The Morgan fingerprint density at radius 2 is 2.22 bits per heavy atom. The number of hydrogen-bond donors (Lipinski definition) is 2. The van der Waals surface area contributed by atoms with E-state index < -0.39 is 0 Å². The number of ether oxygens (including phenoxy) is 1. The van der Waals surface area contributed by atoms with E-state index in [1.54, 1.807) is 13.3 Å². The van der Waals surface area contributed by atoms with Crippen LogP contribution in [0.2, 0.25) is 0 Å². The van der Waals surface area contributed by atoms with Crippen molar-refractivity contribution in [3.8, 4) is 5.75 Å². The molecular formula is C14H19N3O. The van der Waals surface area contributed by atoms with Crippen molar-refractivity contribution in [2.75, 3.05) is 19.0 Å². The second kappa shape index (κ2) is 5.69. The Bertz CT molecular complexity index is 527. The van der Waals surface area contributed by atoms with Gasteiger partial charge in [0.1, 0.15) is 11.6 Å². The molecule has 2 aromatic rings. The molecule has 0 saturated heterocycles. The topological polar surface area (TPSA) is 60.2 Å². The molecule has 1 heterocycles. The van der Waals surface area contributed by atoms with Crippen LogP contribution in [0.5, 0.6) is 5.75 Å². The number of hydrogen-bond acceptors (Lipinski definition) is 4. The second-order valence-electron chi connectivity index (χ2n) is 4.30. The Hall–Kier alpha value is -1.81. The van der Waals surface area contributed by atoms with Crippen molar-refractivity contribution in [2.45, 2.75) is 19.4 Å². The zero-order valence-corrected chi connectivity index (χ0v) is 10.8. The third kappa shape index (κ3) is 2.71. The maximum Gasteiger partial charge on any atom is 0.134 e. The summed E-state index contributed by atoms with van der Waals surface area (Å²) < 4.78 is 5.24. The van der Waals surface area contributed by atoms with Crippen molar-refractivity contribution >= 4 is 16.6 Å². The number of methoxy groups -OCH3 is 1. The Morgan fingerprint density at radius 1 is 1.39 bits per heavy atom. The molecule has 0 bridgehead atoms. The van der Waals surface area contributed by atoms with Gasteiger partial charge < -0.3 is 15.8 Å². The van der Waals surface area contributed by atoms with E-state index in [2.05, 4.69) is 17.2 Å². The summed E-state index contributed by atoms with van der Waals surface area (Å²) in [6.07, 6.45) is 2.75. The fourth-order valence-corrected chi connectivity index (χ4v) is 1.79. The van der Waals surface area contributed by atoms with Crippen molar-refractivity contribution in [1.29, 1.82) is 0 Å². The van der Waals surface area contributed by atoms with Gasteiger partial charge in [0.15, 0.2) is 0 Å². The molecule has 0 aliphatic carbocycles. The van der Waals surface area contributed by atoms with Gasteiger partial charge in [-0.15, -0.1) is 0 Å². The summed E-state index contributed by atoms with van der Waals surface area (Å²) in [7, 11) is 1.66. The highest BCUT2D eigenvalue weighted by atomic mass is 16.5. The molecule has 1 aromatic heterocycles. The number of aromatic nitrogens is 1. The van der Waals surface area contributed by atoms with E-state index in [-0.39, 0.29) is 6.04 Å². The fraction of sp³-hybridized carbons (Fsp3) is 0.357. The number of rotatable bonds is 5. The fourth-order valence-electron chi connectivity index (χ4n) is 1.79. The van der Waals surface area contributed by atoms with E-state index in [0.29, 0.717) is 0 Å². The van der Waals surface area contributed by atoms with Gasteiger partial charge in [-0.1, -0.05) is 13.0 Å². The van der Waals surface area contributed by atoms with Crippen LogP contribution in [0.25, 0.3) is 10.8 Å². The molecule has 1 unspecified atom stereocenters. The maximum atomic E-state index is 5.91. The Kier molecular flexibility index (Phi) is 3.99. The van der Waals surface area contributed by atoms with Crippen LogP contribution in [-0.2, 0) is 0 Å². The number of nitrogens with one attached hydrogen (secondary N) is 1. The van der Waals surface area contributed by atoms with Crippen LogP contribution in [0, 0.1) is 0 Å². The molecule has 0 aliphatic rings. The number of benzene rings is 1. The quantitative estimate of drug-likeness (QED) is 0.849. The van der Waals surface area contributed by atoms with E-state index in [9.17, 15) is 0 Å². The summed E-state index contributed by atoms with van der Waals surface area (Å²) >= 11 is 0. The smallest absolute Gasteiger partial charge is 0.134 e. The van der Waals surface area contributed by atoms with Crippen LogP contribution in [0.1, 0.15) is 13.3 Å². The third-order valence-corrected chi connectivity index (χ3v) is 3.03. The minimum atomic E-state index is 0.146. The largest absolute Gasteiger partial charge is 0.497 e. The van der Waals surface area contributed by atoms with E-state index in [1.807, 2.05) is 24.3 Å². The van der Waals surface area contributed by atoms with Crippen molar-refractivity contribution in [2.24, 2.45) is 5.73 Å². The van der Waals surface area contributed by atoms with E-state index >= 15 is 0 Å². The van der Waals surface area contributed by atoms with Gasteiger partial charge in [-0.05, 0) is 30.0 Å². The van der Waals surface area contributed by atoms with E-state index in [4.69, 9.17) is 10.5 Å². The SMILES string of the molecule is CCC(N)CNc1nccc2ccc(OC)cc12. The maximum absolute atomic E-state index is 5.91. The van der Waals surface area contributed by atoms with E-state index in [1.165, 1.54) is 0 Å². The van der Waals surface area contributed by atoms with Gasteiger partial charge in [-0.2, -0.15) is 0 Å². The predicted molar refractivity (Wildman–Crippen MR) is 75.1 cm³/mol. The first-order chi connectivity index (χ1) is 8.74. The average molecular weight is 245 g/mol. The highest BCUT2D eigenvalue weighted by molar-refractivity contribution is 5.92. The molecule has 1 atom stereocenters. The molecule has 0 fully saturated rings. The summed E-state index contributed by atoms with van der Waals surface area (Å²) in [5.41, 5.74) is 5.91. The zero-order chi connectivity index (χ0) is 13.0. The van der Waals surface area contributed by atoms with Crippen molar-refractivity contribution in [3.05, 3.63) is 30.5 Å². The standard InChI is InChI=1S/C14H19N3O/c1-3-11(15)9-17-14-13-8-12(18-2)5-4-10(13)6-7-16-14/h4-8,11H,3,9,15H2,1-2H3,(H,16,17). The zero-order valence-electron chi connectivity index (χ0n) is 10.8. The molecule has 4 heteroatoms. The highest BCUT2D eigenvalue weighted by Crippen LogP contribution is 2.25. The Labute approximate surface area is 107 Å². The molecule has 0 amide bonds. The third-order valence-electron chi connectivity index (χ3n) is 3.03. The van der Waals surface area contributed by atoms with Gasteiger partial charge in [0.05, 0.1) is 7.11 Å². The molecule has 0 saturated carbocycles. The predicted octanol–water partition coefficient (Wildman–Crippen LogP) is 2.39. The van der Waals surface area contributed by atoms with Crippen molar-refractivity contribution < 1.29 is 4.74 Å². The summed E-state index contributed by atoms with van der Waals surface area (Å²) in [5.74, 6) is 1.69. The Balaban J connectivity index is 2.31. The summed E-state index contributed by atoms with van der Waals surface area (Å²) in [6, 6.07) is 8.10. The molecule has 0 aliphatic heterocycles. The Morgan fingerprint density at radius 3 is 2.94 bits per heavy atom. The molecule has 0 spiro atoms. The van der Waals surface area contributed by atoms with Crippen LogP contribution < -0.4 is 15.8 Å². The number of nitrogens with zero attached hydrogens (tertiary/aromatic N) is 1. The normalized spacial score (nSPS) is 12.4. The van der Waals surface area contributed by atoms with Crippen LogP contribution in [0.15, 0.2) is 30.5 Å². The average Bonchev–Trinajstić information content (AvgIpc) is 2.43. The molecule has 2 rings (SSSR count). The second-order valence-corrected chi connectivity index (χ2v) is 4.30. The molecule has 96 valence electrons. The van der Waals surface area contributed by atoms with Gasteiger partial charge in [0.2, 0.25) is 0 Å². The van der Waals surface area contributed by atoms with Gasteiger partial charge in [0.25, 0.3) is 0 Å². The molecular weight excluding hydrogens is 226 g/mol. The summed E-state index contributed by atoms with van der Waals surface area (Å²) in [5, 5.41) is 5.49. The van der Waals surface area contributed by atoms with Gasteiger partial charge in [0, 0.05) is 24.2 Å². The molecule has 0 radical (unpaired) electrons. The molecule has 4 nitrogen and oxygen atoms in total. The van der Waals surface area contributed by atoms with Crippen LogP contribution in [0.3, 0.4) is 0 Å². The van der Waals surface area contributed by atoms with Gasteiger partial charge >= 0.3 is 0 Å². The molecule has 18 heavy (non-hydrogen) atoms. The monoisotopic (exact) mass is 245 g/mol. The van der Waals surface area contributed by atoms with Crippen LogP contribution in [0.4, 0.5) is 5.82 Å². The highest BCUT2D eigenvalue weighted by Gasteiger charge is 2.05. The van der Waals surface area contributed by atoms with E-state index in [0.717, 1.165) is 35.3 Å². The summed E-state index contributed by atoms with van der Waals surface area (Å²) in [6.45, 7) is 2.80. The first-order valence-electron chi connectivity index (χ1n) is 6.16. The number of pyridine rings is 1. The molecule has 3 N–H and O–H groups in total. The molecule has 1 aromatic carbocycles. The first kappa shape index (κ1) is 12.6. The minimum absolute atomic E-state index is 0.146. The summed E-state index contributed by atoms with van der Waals surface area (Å²) in [4.78, 5) is 4.37. The van der Waals surface area contributed by atoms with Crippen molar-refractivity contribution in [3.63, 3.8) is 0 Å². The minimum Gasteiger partial charge on any atom is -0.497 e. The lowest BCUT2D eigenvalue weighted by Crippen LogP contribution is -2.28. The lowest BCUT2D eigenvalue weighted by Gasteiger charge is -2.13. The van der Waals surface area contributed by atoms with Gasteiger partial charge in [-0.25, -0.2) is 4.98 Å². The number of fused-ring (bicyclic) bond motifs is 1. The lowest BCUT2D eigenvalue weighted by molar-refractivity contribution is 0.415. The lowest BCUT2D eigenvalue weighted by atomic mass is 10.1.